The Morgan fingerprint density at radius 1 is 1.33 bits per heavy atom. The van der Waals surface area contributed by atoms with Crippen LogP contribution in [0, 0.1) is 11.8 Å². The van der Waals surface area contributed by atoms with Crippen LogP contribution in [0.15, 0.2) is 30.5 Å². The Bertz CT molecular complexity index is 674. The highest BCUT2D eigenvalue weighted by Crippen LogP contribution is 2.33. The average Bonchev–Trinajstić information content (AvgIpc) is 2.65. The van der Waals surface area contributed by atoms with Gasteiger partial charge in [0, 0.05) is 11.6 Å². The molecule has 1 aliphatic rings. The van der Waals surface area contributed by atoms with Gasteiger partial charge < -0.3 is 15.2 Å². The third kappa shape index (κ3) is 3.70. The van der Waals surface area contributed by atoms with Crippen LogP contribution in [0.4, 0.5) is 0 Å². The summed E-state index contributed by atoms with van der Waals surface area (Å²) in [5, 5.41) is 15.3. The van der Waals surface area contributed by atoms with Crippen molar-refractivity contribution in [2.45, 2.75) is 38.7 Å². The molecule has 2 heterocycles. The van der Waals surface area contributed by atoms with Crippen LogP contribution in [-0.4, -0.2) is 30.3 Å². The van der Waals surface area contributed by atoms with Crippen molar-refractivity contribution in [1.82, 2.24) is 10.3 Å². The molecular formula is C20H28N2O2. The molecule has 2 aromatic rings. The van der Waals surface area contributed by atoms with E-state index in [0.717, 1.165) is 54.1 Å². The Kier molecular flexibility index (Phi) is 5.69. The molecule has 1 aromatic carbocycles. The SMILES string of the molecule is CC[C@H]1CNCC[C@H]1CCC(O)c1ccnc2ccc(OC)cc12. The zero-order chi connectivity index (χ0) is 16.9. The van der Waals surface area contributed by atoms with Crippen molar-refractivity contribution in [3.63, 3.8) is 0 Å². The number of methoxy groups -OCH3 is 1. The number of nitrogens with zero attached hydrogens (tertiary/aromatic N) is 1. The minimum absolute atomic E-state index is 0.449. The van der Waals surface area contributed by atoms with E-state index in [2.05, 4.69) is 17.2 Å². The van der Waals surface area contributed by atoms with Gasteiger partial charge in [0.1, 0.15) is 5.75 Å². The van der Waals surface area contributed by atoms with Gasteiger partial charge in [-0.15, -0.1) is 0 Å². The first-order chi connectivity index (χ1) is 11.7. The standard InChI is InChI=1S/C20H28N2O2/c1-3-14-13-21-10-8-15(14)4-7-20(23)17-9-11-22-19-6-5-16(24-2)12-18(17)19/h5-6,9,11-12,14-15,20-21,23H,3-4,7-8,10,13H2,1-2H3/t14-,15+,20?/m0/s1. The van der Waals surface area contributed by atoms with Gasteiger partial charge in [-0.05, 0) is 74.0 Å². The molecule has 1 saturated heterocycles. The number of hydrogen-bond acceptors (Lipinski definition) is 4. The quantitative estimate of drug-likeness (QED) is 0.849. The normalized spacial score (nSPS) is 22.5. The van der Waals surface area contributed by atoms with Crippen LogP contribution in [0.5, 0.6) is 5.75 Å². The first kappa shape index (κ1) is 17.2. The number of nitrogens with one attached hydrogen (secondary N) is 1. The van der Waals surface area contributed by atoms with Gasteiger partial charge in [-0.25, -0.2) is 0 Å². The summed E-state index contributed by atoms with van der Waals surface area (Å²) < 4.78 is 5.32. The number of pyridine rings is 1. The van der Waals surface area contributed by atoms with Crippen LogP contribution < -0.4 is 10.1 Å². The van der Waals surface area contributed by atoms with Crippen LogP contribution >= 0.6 is 0 Å². The number of benzene rings is 1. The van der Waals surface area contributed by atoms with Crippen LogP contribution in [0.2, 0.25) is 0 Å². The van der Waals surface area contributed by atoms with Crippen LogP contribution in [0.1, 0.15) is 44.3 Å². The smallest absolute Gasteiger partial charge is 0.119 e. The molecule has 0 amide bonds. The largest absolute Gasteiger partial charge is 0.497 e. The number of aliphatic hydroxyl groups excluding tert-OH is 1. The highest BCUT2D eigenvalue weighted by atomic mass is 16.5. The van der Waals surface area contributed by atoms with E-state index in [1.54, 1.807) is 13.3 Å². The molecule has 0 spiro atoms. The number of hydrogen-bond donors (Lipinski definition) is 2. The highest BCUT2D eigenvalue weighted by Gasteiger charge is 2.24. The van der Waals surface area contributed by atoms with Gasteiger partial charge in [-0.3, -0.25) is 4.98 Å². The van der Waals surface area contributed by atoms with Gasteiger partial charge in [0.25, 0.3) is 0 Å². The van der Waals surface area contributed by atoms with E-state index in [1.165, 1.54) is 12.8 Å². The summed E-state index contributed by atoms with van der Waals surface area (Å²) in [4.78, 5) is 4.40. The van der Waals surface area contributed by atoms with Crippen LogP contribution in [0.25, 0.3) is 10.9 Å². The molecule has 4 nitrogen and oxygen atoms in total. The topological polar surface area (TPSA) is 54.4 Å². The summed E-state index contributed by atoms with van der Waals surface area (Å²) in [6, 6.07) is 7.77. The highest BCUT2D eigenvalue weighted by molar-refractivity contribution is 5.83. The fourth-order valence-electron chi connectivity index (χ4n) is 3.93. The predicted octanol–water partition coefficient (Wildman–Crippen LogP) is 3.69. The summed E-state index contributed by atoms with van der Waals surface area (Å²) in [7, 11) is 1.66. The first-order valence-corrected chi connectivity index (χ1v) is 9.04. The molecule has 3 rings (SSSR count). The van der Waals surface area contributed by atoms with Crippen molar-refractivity contribution in [3.05, 3.63) is 36.0 Å². The van der Waals surface area contributed by atoms with Crippen molar-refractivity contribution in [2.75, 3.05) is 20.2 Å². The zero-order valence-electron chi connectivity index (χ0n) is 14.7. The molecule has 24 heavy (non-hydrogen) atoms. The Morgan fingerprint density at radius 2 is 2.21 bits per heavy atom. The lowest BCUT2D eigenvalue weighted by molar-refractivity contribution is 0.139. The molecule has 0 saturated carbocycles. The van der Waals surface area contributed by atoms with Gasteiger partial charge in [0.05, 0.1) is 18.7 Å². The number of fused-ring (bicyclic) bond motifs is 1. The predicted molar refractivity (Wildman–Crippen MR) is 97.2 cm³/mol. The van der Waals surface area contributed by atoms with E-state index < -0.39 is 6.10 Å². The number of rotatable bonds is 6. The van der Waals surface area contributed by atoms with E-state index in [4.69, 9.17) is 4.74 Å². The second kappa shape index (κ2) is 7.95. The van der Waals surface area contributed by atoms with Crippen molar-refractivity contribution < 1.29 is 9.84 Å². The van der Waals surface area contributed by atoms with Crippen molar-refractivity contribution in [2.24, 2.45) is 11.8 Å². The molecule has 130 valence electrons. The fraction of sp³-hybridized carbons (Fsp3) is 0.550. The lowest BCUT2D eigenvalue weighted by atomic mass is 9.80. The first-order valence-electron chi connectivity index (χ1n) is 9.04. The summed E-state index contributed by atoms with van der Waals surface area (Å²) in [5.41, 5.74) is 1.86. The molecule has 0 bridgehead atoms. The molecule has 0 aliphatic carbocycles. The van der Waals surface area contributed by atoms with Gasteiger partial charge in [0.2, 0.25) is 0 Å². The number of ether oxygens (including phenoxy) is 1. The second-order valence-electron chi connectivity index (χ2n) is 6.80. The molecule has 2 N–H and O–H groups in total. The maximum atomic E-state index is 10.8. The lowest BCUT2D eigenvalue weighted by Gasteiger charge is -2.32. The van der Waals surface area contributed by atoms with Crippen molar-refractivity contribution in [1.29, 1.82) is 0 Å². The third-order valence-corrected chi connectivity index (χ3v) is 5.44. The van der Waals surface area contributed by atoms with Crippen molar-refractivity contribution >= 4 is 10.9 Å². The van der Waals surface area contributed by atoms with Crippen LogP contribution in [-0.2, 0) is 0 Å². The van der Waals surface area contributed by atoms with Gasteiger partial charge >= 0.3 is 0 Å². The zero-order valence-corrected chi connectivity index (χ0v) is 14.7. The van der Waals surface area contributed by atoms with E-state index in [9.17, 15) is 5.11 Å². The molecule has 1 fully saturated rings. The third-order valence-electron chi connectivity index (χ3n) is 5.44. The van der Waals surface area contributed by atoms with Gasteiger partial charge in [-0.1, -0.05) is 13.3 Å². The fourth-order valence-corrected chi connectivity index (χ4v) is 3.93. The molecule has 4 heteroatoms. The Balaban J connectivity index is 1.74. The molecule has 1 unspecified atom stereocenters. The summed E-state index contributed by atoms with van der Waals surface area (Å²) in [6.45, 7) is 4.49. The summed E-state index contributed by atoms with van der Waals surface area (Å²) >= 11 is 0. The van der Waals surface area contributed by atoms with E-state index in [1.807, 2.05) is 24.3 Å². The number of aromatic nitrogens is 1. The van der Waals surface area contributed by atoms with Crippen molar-refractivity contribution in [3.8, 4) is 5.75 Å². The average molecular weight is 328 g/mol. The minimum Gasteiger partial charge on any atom is -0.497 e. The molecule has 3 atom stereocenters. The van der Waals surface area contributed by atoms with Gasteiger partial charge in [0.15, 0.2) is 0 Å². The molecule has 0 radical (unpaired) electrons. The number of piperidine rings is 1. The maximum Gasteiger partial charge on any atom is 0.119 e. The van der Waals surface area contributed by atoms with E-state index in [0.29, 0.717) is 5.92 Å². The Labute approximate surface area is 144 Å². The summed E-state index contributed by atoms with van der Waals surface area (Å²) in [5.74, 6) is 2.25. The Morgan fingerprint density at radius 3 is 3.00 bits per heavy atom. The molecular weight excluding hydrogens is 300 g/mol. The molecule has 1 aromatic heterocycles. The monoisotopic (exact) mass is 328 g/mol. The minimum atomic E-state index is -0.449. The van der Waals surface area contributed by atoms with Crippen LogP contribution in [0.3, 0.4) is 0 Å². The van der Waals surface area contributed by atoms with Gasteiger partial charge in [-0.2, -0.15) is 0 Å². The Hall–Kier alpha value is -1.65. The lowest BCUT2D eigenvalue weighted by Crippen LogP contribution is -2.36. The van der Waals surface area contributed by atoms with E-state index in [-0.39, 0.29) is 0 Å². The van der Waals surface area contributed by atoms with E-state index >= 15 is 0 Å². The molecule has 1 aliphatic heterocycles. The maximum absolute atomic E-state index is 10.8. The number of aliphatic hydroxyl groups is 1. The second-order valence-corrected chi connectivity index (χ2v) is 6.80. The summed E-state index contributed by atoms with van der Waals surface area (Å²) in [6.07, 6.45) is 5.65.